The van der Waals surface area contributed by atoms with Crippen LogP contribution in [0.25, 0.3) is 6.08 Å². The number of esters is 1. The summed E-state index contributed by atoms with van der Waals surface area (Å²) in [5.41, 5.74) is 2.38. The number of Topliss-reactive ketones (excluding diaryl/α,β-unsaturated/α-hetero) is 1. The summed E-state index contributed by atoms with van der Waals surface area (Å²) in [5.74, 6) is 0.486. The van der Waals surface area contributed by atoms with E-state index in [9.17, 15) is 9.59 Å². The zero-order valence-corrected chi connectivity index (χ0v) is 17.9. The highest BCUT2D eigenvalue weighted by Crippen LogP contribution is 2.36. The van der Waals surface area contributed by atoms with Gasteiger partial charge in [0, 0.05) is 6.07 Å². The molecule has 1 aliphatic rings. The van der Waals surface area contributed by atoms with Crippen molar-refractivity contribution in [3.8, 4) is 11.5 Å². The molecule has 5 nitrogen and oxygen atoms in total. The van der Waals surface area contributed by atoms with Crippen molar-refractivity contribution >= 4 is 41.0 Å². The summed E-state index contributed by atoms with van der Waals surface area (Å²) in [6.07, 6.45) is 1.57. The first-order chi connectivity index (χ1) is 15.0. The van der Waals surface area contributed by atoms with Crippen LogP contribution in [0.3, 0.4) is 0 Å². The molecule has 3 aromatic rings. The lowest BCUT2D eigenvalue weighted by Gasteiger charge is -2.08. The number of carbonyl (C=O) groups is 2. The predicted molar refractivity (Wildman–Crippen MR) is 118 cm³/mol. The molecule has 4 rings (SSSR count). The van der Waals surface area contributed by atoms with Gasteiger partial charge in [-0.3, -0.25) is 4.79 Å². The molecule has 156 valence electrons. The smallest absolute Gasteiger partial charge is 0.337 e. The van der Waals surface area contributed by atoms with Crippen molar-refractivity contribution in [1.29, 1.82) is 0 Å². The molecular weight excluding hydrogens is 439 g/mol. The van der Waals surface area contributed by atoms with Crippen LogP contribution in [0.15, 0.2) is 66.4 Å². The van der Waals surface area contributed by atoms with Gasteiger partial charge in [0.2, 0.25) is 5.78 Å². The van der Waals surface area contributed by atoms with E-state index in [4.69, 9.17) is 32.7 Å². The largest absolute Gasteiger partial charge is 0.489 e. The Bertz CT molecular complexity index is 1200. The Kier molecular flexibility index (Phi) is 5.98. The van der Waals surface area contributed by atoms with E-state index in [1.807, 2.05) is 0 Å². The minimum atomic E-state index is -0.393. The second-order valence-corrected chi connectivity index (χ2v) is 7.50. The number of fused-ring (bicyclic) bond motifs is 1. The van der Waals surface area contributed by atoms with Crippen molar-refractivity contribution in [3.05, 3.63) is 98.7 Å². The average Bonchev–Trinajstić information content (AvgIpc) is 3.10. The minimum absolute atomic E-state index is 0.162. The highest BCUT2D eigenvalue weighted by molar-refractivity contribution is 6.43. The van der Waals surface area contributed by atoms with Crippen molar-refractivity contribution in [1.82, 2.24) is 0 Å². The van der Waals surface area contributed by atoms with Gasteiger partial charge < -0.3 is 14.2 Å². The van der Waals surface area contributed by atoms with Crippen molar-refractivity contribution in [2.24, 2.45) is 0 Å². The molecule has 7 heteroatoms. The molecule has 0 atom stereocenters. The second kappa shape index (κ2) is 8.84. The van der Waals surface area contributed by atoms with Gasteiger partial charge >= 0.3 is 5.97 Å². The number of ether oxygens (including phenoxy) is 3. The summed E-state index contributed by atoms with van der Waals surface area (Å²) in [6, 6.07) is 17.1. The molecule has 0 saturated carbocycles. The zero-order chi connectivity index (χ0) is 22.0. The van der Waals surface area contributed by atoms with Crippen LogP contribution in [0.4, 0.5) is 0 Å². The predicted octanol–water partition coefficient (Wildman–Crippen LogP) is 5.98. The van der Waals surface area contributed by atoms with Crippen molar-refractivity contribution in [2.45, 2.75) is 6.61 Å². The number of ketones is 1. The Hall–Kier alpha value is -3.28. The van der Waals surface area contributed by atoms with Crippen LogP contribution >= 0.6 is 23.2 Å². The third-order valence-electron chi connectivity index (χ3n) is 4.69. The lowest BCUT2D eigenvalue weighted by atomic mass is 10.1. The molecular formula is C24H16Cl2O5. The summed E-state index contributed by atoms with van der Waals surface area (Å²) >= 11 is 12.2. The number of hydrogen-bond acceptors (Lipinski definition) is 5. The fourth-order valence-electron chi connectivity index (χ4n) is 3.05. The Morgan fingerprint density at radius 2 is 1.84 bits per heavy atom. The number of halogens is 2. The number of benzene rings is 3. The second-order valence-electron chi connectivity index (χ2n) is 6.72. The van der Waals surface area contributed by atoms with Crippen molar-refractivity contribution in [2.75, 3.05) is 7.11 Å². The molecule has 0 aromatic heterocycles. The molecule has 3 aromatic carbocycles. The molecule has 0 spiro atoms. The monoisotopic (exact) mass is 454 g/mol. The van der Waals surface area contributed by atoms with Crippen LogP contribution in [-0.4, -0.2) is 18.9 Å². The lowest BCUT2D eigenvalue weighted by Crippen LogP contribution is -2.02. The Morgan fingerprint density at radius 1 is 1.06 bits per heavy atom. The van der Waals surface area contributed by atoms with E-state index >= 15 is 0 Å². The third-order valence-corrected chi connectivity index (χ3v) is 5.52. The molecule has 0 amide bonds. The van der Waals surface area contributed by atoms with Gasteiger partial charge in [0.15, 0.2) is 5.76 Å². The van der Waals surface area contributed by atoms with Crippen LogP contribution in [0.1, 0.15) is 31.8 Å². The lowest BCUT2D eigenvalue weighted by molar-refractivity contribution is 0.0600. The summed E-state index contributed by atoms with van der Waals surface area (Å²) in [7, 11) is 1.34. The van der Waals surface area contributed by atoms with Gasteiger partial charge in [-0.2, -0.15) is 0 Å². The highest BCUT2D eigenvalue weighted by Gasteiger charge is 2.28. The molecule has 0 bridgehead atoms. The van der Waals surface area contributed by atoms with Gasteiger partial charge in [-0.05, 0) is 47.5 Å². The molecule has 0 unspecified atom stereocenters. The molecule has 0 aliphatic carbocycles. The van der Waals surface area contributed by atoms with Crippen LogP contribution in [0.2, 0.25) is 10.0 Å². The Morgan fingerprint density at radius 3 is 2.58 bits per heavy atom. The van der Waals surface area contributed by atoms with Crippen LogP contribution in [0, 0.1) is 0 Å². The first kappa shape index (κ1) is 21.0. The summed E-state index contributed by atoms with van der Waals surface area (Å²) in [5, 5.41) is 0.751. The Balaban J connectivity index is 1.48. The maximum atomic E-state index is 12.7. The van der Waals surface area contributed by atoms with Gasteiger partial charge in [-0.25, -0.2) is 4.79 Å². The maximum Gasteiger partial charge on any atom is 0.337 e. The molecule has 0 saturated heterocycles. The summed E-state index contributed by atoms with van der Waals surface area (Å²) in [4.78, 5) is 24.2. The first-order valence-corrected chi connectivity index (χ1v) is 10.0. The summed E-state index contributed by atoms with van der Waals surface area (Å²) < 4.78 is 16.2. The standard InChI is InChI=1S/C24H16Cl2O5/c1-29-24(28)15-7-5-14(6-8-15)13-30-17-9-10-18-20(12-17)31-21(23(18)27)11-16-3-2-4-19(25)22(16)26/h2-12H,13H2,1H3/b21-11-. The molecule has 1 heterocycles. The van der Waals surface area contributed by atoms with E-state index in [-0.39, 0.29) is 18.1 Å². The molecule has 0 radical (unpaired) electrons. The quantitative estimate of drug-likeness (QED) is 0.350. The van der Waals surface area contributed by atoms with Crippen LogP contribution in [0.5, 0.6) is 11.5 Å². The number of hydrogen-bond donors (Lipinski definition) is 0. The van der Waals surface area contributed by atoms with Gasteiger partial charge in [-0.1, -0.05) is 47.5 Å². The van der Waals surface area contributed by atoms with Gasteiger partial charge in [0.1, 0.15) is 18.1 Å². The normalized spacial score (nSPS) is 13.6. The topological polar surface area (TPSA) is 61.8 Å². The zero-order valence-electron chi connectivity index (χ0n) is 16.4. The molecule has 0 N–H and O–H groups in total. The van der Waals surface area contributed by atoms with E-state index in [1.54, 1.807) is 66.7 Å². The van der Waals surface area contributed by atoms with Gasteiger partial charge in [0.25, 0.3) is 0 Å². The number of carbonyl (C=O) groups excluding carboxylic acids is 2. The fraction of sp³-hybridized carbons (Fsp3) is 0.0833. The van der Waals surface area contributed by atoms with E-state index in [0.717, 1.165) is 5.56 Å². The molecule has 0 fully saturated rings. The first-order valence-electron chi connectivity index (χ1n) is 9.28. The van der Waals surface area contributed by atoms with E-state index in [2.05, 4.69) is 4.74 Å². The van der Waals surface area contributed by atoms with Gasteiger partial charge in [0.05, 0.1) is 28.3 Å². The number of rotatable bonds is 5. The van der Waals surface area contributed by atoms with E-state index in [0.29, 0.717) is 38.2 Å². The van der Waals surface area contributed by atoms with Crippen molar-refractivity contribution in [3.63, 3.8) is 0 Å². The van der Waals surface area contributed by atoms with Crippen LogP contribution < -0.4 is 9.47 Å². The number of allylic oxidation sites excluding steroid dienone is 1. The minimum Gasteiger partial charge on any atom is -0.489 e. The van der Waals surface area contributed by atoms with E-state index in [1.165, 1.54) is 7.11 Å². The summed E-state index contributed by atoms with van der Waals surface area (Å²) in [6.45, 7) is 0.287. The highest BCUT2D eigenvalue weighted by atomic mass is 35.5. The SMILES string of the molecule is COC(=O)c1ccc(COc2ccc3c(c2)O/C(=C\c2cccc(Cl)c2Cl)C3=O)cc1. The van der Waals surface area contributed by atoms with Gasteiger partial charge in [-0.15, -0.1) is 0 Å². The Labute approximate surface area is 188 Å². The maximum absolute atomic E-state index is 12.7. The number of methoxy groups -OCH3 is 1. The van der Waals surface area contributed by atoms with Crippen molar-refractivity contribution < 1.29 is 23.8 Å². The third kappa shape index (κ3) is 4.43. The molecule has 31 heavy (non-hydrogen) atoms. The average molecular weight is 455 g/mol. The van der Waals surface area contributed by atoms with Crippen LogP contribution in [-0.2, 0) is 11.3 Å². The fourth-order valence-corrected chi connectivity index (χ4v) is 3.41. The van der Waals surface area contributed by atoms with E-state index < -0.39 is 5.97 Å². The molecule has 1 aliphatic heterocycles.